The van der Waals surface area contributed by atoms with Gasteiger partial charge in [-0.25, -0.2) is 0 Å². The van der Waals surface area contributed by atoms with Gasteiger partial charge in [0, 0.05) is 38.5 Å². The van der Waals surface area contributed by atoms with Crippen LogP contribution >= 0.6 is 11.8 Å². The lowest BCUT2D eigenvalue weighted by molar-refractivity contribution is -0.137. The van der Waals surface area contributed by atoms with Crippen molar-refractivity contribution in [1.82, 2.24) is 16.0 Å². The summed E-state index contributed by atoms with van der Waals surface area (Å²) in [4.78, 5) is 0. The molecule has 6 nitrogen and oxygen atoms in total. The quantitative estimate of drug-likeness (QED) is 0.160. The molecule has 7 fully saturated rings. The van der Waals surface area contributed by atoms with E-state index in [4.69, 9.17) is 14.2 Å². The zero-order valence-corrected chi connectivity index (χ0v) is 77.3. The molecule has 0 spiro atoms. The van der Waals surface area contributed by atoms with Crippen LogP contribution in [-0.4, -0.2) is 88.4 Å². The molecule has 0 aliphatic carbocycles. The van der Waals surface area contributed by atoms with Gasteiger partial charge in [-0.05, 0) is 244 Å². The highest BCUT2D eigenvalue weighted by atomic mass is 32.2. The molecule has 3 N–H and O–H groups in total. The van der Waals surface area contributed by atoms with E-state index in [0.717, 1.165) is 104 Å². The number of rotatable bonds is 14. The molecule has 0 amide bonds. The summed E-state index contributed by atoms with van der Waals surface area (Å²) in [5.41, 5.74) is 3.46. The Morgan fingerprint density at radius 2 is 0.612 bits per heavy atom. The second kappa shape index (κ2) is 63.2. The van der Waals surface area contributed by atoms with Crippen molar-refractivity contribution in [2.75, 3.05) is 77.3 Å². The Labute approximate surface area is 630 Å². The molecule has 602 valence electrons. The molecule has 0 unspecified atom stereocenters. The highest BCUT2D eigenvalue weighted by molar-refractivity contribution is 7.99. The van der Waals surface area contributed by atoms with Gasteiger partial charge in [-0.2, -0.15) is 11.8 Å². The van der Waals surface area contributed by atoms with Crippen molar-refractivity contribution in [2.45, 2.75) is 405 Å². The van der Waals surface area contributed by atoms with Crippen molar-refractivity contribution in [2.24, 2.45) is 110 Å². The Morgan fingerprint density at radius 3 is 0.827 bits per heavy atom. The number of nitrogens with one attached hydrogen (secondary N) is 3. The molecule has 0 aromatic rings. The monoisotopic (exact) mass is 1410 g/mol. The number of hydrogen-bond donors (Lipinski definition) is 3. The predicted molar refractivity (Wildman–Crippen MR) is 457 cm³/mol. The van der Waals surface area contributed by atoms with Crippen molar-refractivity contribution in [3.63, 3.8) is 0 Å². The van der Waals surface area contributed by atoms with E-state index in [2.05, 4.69) is 222 Å². The van der Waals surface area contributed by atoms with Crippen molar-refractivity contribution < 1.29 is 14.2 Å². The third kappa shape index (κ3) is 36.6. The molecule has 7 aliphatic rings. The summed E-state index contributed by atoms with van der Waals surface area (Å²) in [5, 5.41) is 10.7. The van der Waals surface area contributed by atoms with Gasteiger partial charge in [0.25, 0.3) is 0 Å². The van der Waals surface area contributed by atoms with Gasteiger partial charge < -0.3 is 30.2 Å². The first kappa shape index (κ1) is 111. The molecule has 0 aromatic heterocycles. The molecule has 0 atom stereocenters. The molecular formula is C91H199N3O3S. The van der Waals surface area contributed by atoms with E-state index >= 15 is 0 Å². The van der Waals surface area contributed by atoms with Crippen LogP contribution in [0.5, 0.6) is 0 Å². The molecule has 7 rings (SSSR count). The summed E-state index contributed by atoms with van der Waals surface area (Å²) < 4.78 is 17.0. The van der Waals surface area contributed by atoms with Crippen molar-refractivity contribution in [1.29, 1.82) is 0 Å². The zero-order valence-electron chi connectivity index (χ0n) is 76.5. The largest absolute Gasteiger partial charge is 0.381 e. The SMILES string of the molecule is CC.CC.CC.CC.CC.CC.CC.CC(C)C1(C(C)C)CCCCN1.CC(C)C1(C(C)C)CCCCO1.CC(C)C1(C(C)C)CCCNC1.CC(C)C1(C(C)C)CCCOC1.CC(C)C1(C(C)C)CCNCC1.CC(C)C1(C(C)C)CCOCC1.CC(C)C1(C(C)C)CCSCC1. The van der Waals surface area contributed by atoms with Crippen LogP contribution in [0.3, 0.4) is 0 Å². The molecule has 0 aromatic carbocycles. The summed E-state index contributed by atoms with van der Waals surface area (Å²) in [5.74, 6) is 13.7. The average Bonchev–Trinajstić information content (AvgIpc) is 0.996. The summed E-state index contributed by atoms with van der Waals surface area (Å²) in [6.45, 7) is 105. The number of hydrogen-bond acceptors (Lipinski definition) is 7. The fourth-order valence-corrected chi connectivity index (χ4v) is 19.2. The molecule has 7 heteroatoms. The van der Waals surface area contributed by atoms with E-state index in [1.54, 1.807) is 0 Å². The van der Waals surface area contributed by atoms with E-state index in [0.29, 0.717) is 44.4 Å². The Balaban J connectivity index is -0.000000191. The average molecular weight is 1420 g/mol. The first-order valence-electron chi connectivity index (χ1n) is 43.7. The third-order valence-corrected chi connectivity index (χ3v) is 26.4. The van der Waals surface area contributed by atoms with Crippen molar-refractivity contribution >= 4 is 11.8 Å². The smallest absolute Gasteiger partial charge is 0.0728 e. The van der Waals surface area contributed by atoms with Crippen LogP contribution < -0.4 is 16.0 Å². The Hall–Kier alpha value is 0.110. The maximum absolute atomic E-state index is 5.99. The summed E-state index contributed by atoms with van der Waals surface area (Å²) >= 11 is 2.13. The summed E-state index contributed by atoms with van der Waals surface area (Å²) in [6, 6.07) is 0. The molecule has 0 saturated carbocycles. The maximum Gasteiger partial charge on any atom is 0.0728 e. The molecule has 7 aliphatic heterocycles. The molecule has 0 bridgehead atoms. The lowest BCUT2D eigenvalue weighted by Gasteiger charge is -2.45. The normalized spacial score (nSPS) is 20.6. The van der Waals surface area contributed by atoms with Crippen LogP contribution in [0.2, 0.25) is 0 Å². The molecule has 0 radical (unpaired) electrons. The van der Waals surface area contributed by atoms with Gasteiger partial charge in [-0.3, -0.25) is 0 Å². The van der Waals surface area contributed by atoms with Gasteiger partial charge in [-0.15, -0.1) is 0 Å². The second-order valence-corrected chi connectivity index (χ2v) is 34.2. The zero-order chi connectivity index (χ0) is 78.3. The van der Waals surface area contributed by atoms with Crippen LogP contribution in [0.1, 0.15) is 394 Å². The molecule has 7 saturated heterocycles. The fraction of sp³-hybridized carbons (Fsp3) is 1.00. The van der Waals surface area contributed by atoms with Gasteiger partial charge in [0.1, 0.15) is 0 Å². The Morgan fingerprint density at radius 1 is 0.255 bits per heavy atom. The summed E-state index contributed by atoms with van der Waals surface area (Å²) in [6.07, 6.45) is 21.5. The minimum Gasteiger partial charge on any atom is -0.381 e. The number of thioether (sulfide) groups is 1. The molecule has 98 heavy (non-hydrogen) atoms. The molecule has 7 heterocycles. The van der Waals surface area contributed by atoms with Crippen LogP contribution in [0, 0.1) is 110 Å². The minimum absolute atomic E-state index is 0.179. The first-order valence-corrected chi connectivity index (χ1v) is 44.8. The topological polar surface area (TPSA) is 63.8 Å². The van der Waals surface area contributed by atoms with Gasteiger partial charge in [-0.1, -0.05) is 297 Å². The number of piperidine rings is 3. The van der Waals surface area contributed by atoms with Crippen LogP contribution in [0.15, 0.2) is 0 Å². The van der Waals surface area contributed by atoms with Crippen LogP contribution in [0.4, 0.5) is 0 Å². The highest BCUT2D eigenvalue weighted by Crippen LogP contribution is 2.49. The van der Waals surface area contributed by atoms with E-state index < -0.39 is 0 Å². The lowest BCUT2D eigenvalue weighted by atomic mass is 9.63. The first-order chi connectivity index (χ1) is 46.2. The second-order valence-electron chi connectivity index (χ2n) is 32.9. The fourth-order valence-electron chi connectivity index (χ4n) is 17.9. The van der Waals surface area contributed by atoms with Gasteiger partial charge >= 0.3 is 0 Å². The number of ether oxygens (including phenoxy) is 3. The lowest BCUT2D eigenvalue weighted by Crippen LogP contribution is -2.56. The van der Waals surface area contributed by atoms with Crippen LogP contribution in [-0.2, 0) is 14.2 Å². The maximum atomic E-state index is 5.99. The third-order valence-electron chi connectivity index (χ3n) is 25.5. The Bertz CT molecular complexity index is 1200. The van der Waals surface area contributed by atoms with E-state index in [1.807, 2.05) is 96.9 Å². The minimum atomic E-state index is 0.179. The van der Waals surface area contributed by atoms with Gasteiger partial charge in [0.15, 0.2) is 0 Å². The standard InChI is InChI=1S/3C11H23N.3C11H22O.C11H22S.7C2H6/c1-9(2)11(10(3)4)5-7-12-8-6-11;1-9(2)11(10(3)4)6-5-7-12-8-11;1-9(2)11(10(3)4)7-5-6-8-12-11;1-9(2)11(10(3)4)5-7-12-8-6-11;1-9(2)11(10(3)4)6-5-7-12-8-11;1-9(2)11(10(3)4)7-5-6-8-12-11;1-9(2)11(10(3)4)5-7-12-8-6-11;7*1-2/h3*9-10,12H,5-8H2,1-4H3;4*9-10H,5-8H2,1-4H3;7*1-2H3. The van der Waals surface area contributed by atoms with Crippen molar-refractivity contribution in [3.05, 3.63) is 0 Å². The summed E-state index contributed by atoms with van der Waals surface area (Å²) in [7, 11) is 0. The molecular weight excluding hydrogens is 1220 g/mol. The Kier molecular flexibility index (Phi) is 71.9. The highest BCUT2D eigenvalue weighted by Gasteiger charge is 2.43. The van der Waals surface area contributed by atoms with Gasteiger partial charge in [0.05, 0.1) is 12.2 Å². The van der Waals surface area contributed by atoms with Crippen LogP contribution in [0.25, 0.3) is 0 Å². The van der Waals surface area contributed by atoms with E-state index in [-0.39, 0.29) is 5.60 Å². The van der Waals surface area contributed by atoms with Gasteiger partial charge in [0.2, 0.25) is 0 Å². The van der Waals surface area contributed by atoms with E-state index in [9.17, 15) is 0 Å². The van der Waals surface area contributed by atoms with Crippen molar-refractivity contribution in [3.8, 4) is 0 Å². The predicted octanol–water partition coefficient (Wildman–Crippen LogP) is 28.6. The van der Waals surface area contributed by atoms with E-state index in [1.165, 1.54) is 147 Å².